The molecule has 0 radical (unpaired) electrons. The van der Waals surface area contributed by atoms with Crippen molar-refractivity contribution in [2.24, 2.45) is 0 Å². The Morgan fingerprint density at radius 3 is 2.40 bits per heavy atom. The van der Waals surface area contributed by atoms with E-state index in [0.717, 1.165) is 5.56 Å². The predicted molar refractivity (Wildman–Crippen MR) is 75.1 cm³/mol. The molecule has 4 heteroatoms. The fraction of sp³-hybridized carbons (Fsp3) is 0.188. The van der Waals surface area contributed by atoms with Crippen molar-refractivity contribution in [1.29, 1.82) is 0 Å². The first-order valence-corrected chi connectivity index (χ1v) is 6.17. The molecule has 2 rings (SSSR count). The summed E-state index contributed by atoms with van der Waals surface area (Å²) in [5.41, 5.74) is 1.28. The number of carbonyl (C=O) groups is 1. The third-order valence-corrected chi connectivity index (χ3v) is 2.86. The molecular formula is C16H16O4. The Bertz CT molecular complexity index is 578. The van der Waals surface area contributed by atoms with E-state index >= 15 is 0 Å². The Kier molecular flexibility index (Phi) is 4.60. The maximum absolute atomic E-state index is 11.9. The van der Waals surface area contributed by atoms with Gasteiger partial charge >= 0.3 is 5.97 Å². The van der Waals surface area contributed by atoms with E-state index < -0.39 is 0 Å². The van der Waals surface area contributed by atoms with Gasteiger partial charge in [-0.25, -0.2) is 4.79 Å². The van der Waals surface area contributed by atoms with Gasteiger partial charge in [-0.15, -0.1) is 0 Å². The molecule has 20 heavy (non-hydrogen) atoms. The van der Waals surface area contributed by atoms with Crippen molar-refractivity contribution in [3.8, 4) is 11.5 Å². The van der Waals surface area contributed by atoms with Gasteiger partial charge in [0.05, 0.1) is 19.8 Å². The van der Waals surface area contributed by atoms with Gasteiger partial charge in [-0.3, -0.25) is 0 Å². The zero-order valence-corrected chi connectivity index (χ0v) is 11.5. The molecule has 0 aliphatic heterocycles. The van der Waals surface area contributed by atoms with Gasteiger partial charge < -0.3 is 14.2 Å². The first kappa shape index (κ1) is 13.9. The van der Waals surface area contributed by atoms with Crippen molar-refractivity contribution in [2.75, 3.05) is 14.2 Å². The van der Waals surface area contributed by atoms with Crippen molar-refractivity contribution in [3.63, 3.8) is 0 Å². The van der Waals surface area contributed by atoms with Gasteiger partial charge in [0.2, 0.25) is 0 Å². The van der Waals surface area contributed by atoms with Gasteiger partial charge in [-0.2, -0.15) is 0 Å². The summed E-state index contributed by atoms with van der Waals surface area (Å²) in [7, 11) is 3.16. The second kappa shape index (κ2) is 6.61. The summed E-state index contributed by atoms with van der Waals surface area (Å²) in [6, 6.07) is 14.2. The molecule has 0 heterocycles. The molecule has 0 N–H and O–H groups in total. The molecule has 0 spiro atoms. The molecule has 0 atom stereocenters. The summed E-state index contributed by atoms with van der Waals surface area (Å²) in [5.74, 6) is 0.985. The zero-order valence-electron chi connectivity index (χ0n) is 11.5. The second-order valence-electron chi connectivity index (χ2n) is 4.12. The van der Waals surface area contributed by atoms with Crippen LogP contribution in [0.4, 0.5) is 0 Å². The van der Waals surface area contributed by atoms with Crippen LogP contribution in [0.15, 0.2) is 48.5 Å². The number of esters is 1. The second-order valence-corrected chi connectivity index (χ2v) is 4.12. The molecule has 2 aromatic rings. The molecule has 0 unspecified atom stereocenters. The van der Waals surface area contributed by atoms with E-state index in [2.05, 4.69) is 0 Å². The van der Waals surface area contributed by atoms with E-state index in [0.29, 0.717) is 17.1 Å². The number of hydrogen-bond donors (Lipinski definition) is 0. The Balaban J connectivity index is 2.08. The van der Waals surface area contributed by atoms with Gasteiger partial charge in [0.1, 0.15) is 18.1 Å². The van der Waals surface area contributed by atoms with E-state index in [9.17, 15) is 4.79 Å². The Labute approximate surface area is 117 Å². The lowest BCUT2D eigenvalue weighted by Crippen LogP contribution is -2.06. The highest BCUT2D eigenvalue weighted by Gasteiger charge is 2.10. The van der Waals surface area contributed by atoms with Crippen LogP contribution in [0.5, 0.6) is 11.5 Å². The van der Waals surface area contributed by atoms with Gasteiger partial charge in [-0.1, -0.05) is 18.2 Å². The van der Waals surface area contributed by atoms with Gasteiger partial charge in [-0.05, 0) is 30.3 Å². The van der Waals surface area contributed by atoms with E-state index in [1.165, 1.54) is 0 Å². The van der Waals surface area contributed by atoms with Crippen LogP contribution in [0.25, 0.3) is 0 Å². The Morgan fingerprint density at radius 2 is 1.75 bits per heavy atom. The summed E-state index contributed by atoms with van der Waals surface area (Å²) in [5, 5.41) is 0. The summed E-state index contributed by atoms with van der Waals surface area (Å²) in [6.45, 7) is 0.133. The van der Waals surface area contributed by atoms with Crippen molar-refractivity contribution in [1.82, 2.24) is 0 Å². The van der Waals surface area contributed by atoms with Gasteiger partial charge in [0.15, 0.2) is 0 Å². The monoisotopic (exact) mass is 272 g/mol. The smallest absolute Gasteiger partial charge is 0.338 e. The van der Waals surface area contributed by atoms with Crippen molar-refractivity contribution in [2.45, 2.75) is 6.61 Å². The number of carbonyl (C=O) groups excluding carboxylic acids is 1. The van der Waals surface area contributed by atoms with Crippen LogP contribution in [0.3, 0.4) is 0 Å². The van der Waals surface area contributed by atoms with E-state index in [1.807, 2.05) is 6.07 Å². The van der Waals surface area contributed by atoms with Crippen LogP contribution in [0.2, 0.25) is 0 Å². The molecule has 0 amide bonds. The van der Waals surface area contributed by atoms with Crippen LogP contribution in [0, 0.1) is 0 Å². The highest BCUT2D eigenvalue weighted by molar-refractivity contribution is 5.89. The van der Waals surface area contributed by atoms with Crippen molar-refractivity contribution in [3.05, 3.63) is 59.7 Å². The molecule has 2 aromatic carbocycles. The van der Waals surface area contributed by atoms with Crippen LogP contribution >= 0.6 is 0 Å². The lowest BCUT2D eigenvalue weighted by molar-refractivity contribution is 0.0470. The van der Waals surface area contributed by atoms with Crippen LogP contribution in [-0.4, -0.2) is 20.2 Å². The van der Waals surface area contributed by atoms with Crippen LogP contribution in [0.1, 0.15) is 15.9 Å². The topological polar surface area (TPSA) is 44.8 Å². The molecule has 0 aromatic heterocycles. The summed E-state index contributed by atoms with van der Waals surface area (Å²) < 4.78 is 15.7. The average molecular weight is 272 g/mol. The van der Waals surface area contributed by atoms with Crippen LogP contribution in [-0.2, 0) is 11.3 Å². The quantitative estimate of drug-likeness (QED) is 0.785. The molecule has 0 saturated carbocycles. The first-order chi connectivity index (χ1) is 9.74. The Morgan fingerprint density at radius 1 is 1.00 bits per heavy atom. The SMILES string of the molecule is COc1ccc(OC)c(COC(=O)c2ccccc2)c1. The molecule has 104 valence electrons. The number of hydrogen-bond acceptors (Lipinski definition) is 4. The summed E-state index contributed by atoms with van der Waals surface area (Å²) >= 11 is 0. The van der Waals surface area contributed by atoms with Gasteiger partial charge in [0.25, 0.3) is 0 Å². The minimum atomic E-state index is -0.365. The first-order valence-electron chi connectivity index (χ1n) is 6.17. The van der Waals surface area contributed by atoms with E-state index in [4.69, 9.17) is 14.2 Å². The van der Waals surface area contributed by atoms with Gasteiger partial charge in [0, 0.05) is 5.56 Å². The predicted octanol–water partition coefficient (Wildman–Crippen LogP) is 3.06. The largest absolute Gasteiger partial charge is 0.497 e. The minimum Gasteiger partial charge on any atom is -0.497 e. The molecule has 4 nitrogen and oxygen atoms in total. The van der Waals surface area contributed by atoms with E-state index in [1.54, 1.807) is 56.7 Å². The summed E-state index contributed by atoms with van der Waals surface area (Å²) in [6.07, 6.45) is 0. The highest BCUT2D eigenvalue weighted by atomic mass is 16.5. The standard InChI is InChI=1S/C16H16O4/c1-18-14-8-9-15(19-2)13(10-14)11-20-16(17)12-6-4-3-5-7-12/h3-10H,11H2,1-2H3. The molecular weight excluding hydrogens is 256 g/mol. The maximum atomic E-state index is 11.9. The Hall–Kier alpha value is -2.49. The maximum Gasteiger partial charge on any atom is 0.338 e. The number of methoxy groups -OCH3 is 2. The molecule has 0 bridgehead atoms. The third kappa shape index (κ3) is 3.29. The van der Waals surface area contributed by atoms with Crippen molar-refractivity contribution < 1.29 is 19.0 Å². The van der Waals surface area contributed by atoms with E-state index in [-0.39, 0.29) is 12.6 Å². The number of ether oxygens (including phenoxy) is 3. The minimum absolute atomic E-state index is 0.133. The number of rotatable bonds is 5. The normalized spacial score (nSPS) is 9.90. The number of benzene rings is 2. The third-order valence-electron chi connectivity index (χ3n) is 2.86. The van der Waals surface area contributed by atoms with Crippen molar-refractivity contribution >= 4 is 5.97 Å². The lowest BCUT2D eigenvalue weighted by Gasteiger charge is -2.11. The fourth-order valence-corrected chi connectivity index (χ4v) is 1.80. The molecule has 0 saturated heterocycles. The molecule has 0 fully saturated rings. The van der Waals surface area contributed by atoms with Crippen LogP contribution < -0.4 is 9.47 Å². The summed E-state index contributed by atoms with van der Waals surface area (Å²) in [4.78, 5) is 11.9. The zero-order chi connectivity index (χ0) is 14.4. The molecule has 0 aliphatic carbocycles. The molecule has 0 aliphatic rings. The fourth-order valence-electron chi connectivity index (χ4n) is 1.80. The average Bonchev–Trinajstić information content (AvgIpc) is 2.53. The highest BCUT2D eigenvalue weighted by Crippen LogP contribution is 2.24. The lowest BCUT2D eigenvalue weighted by atomic mass is 10.2.